The molecule has 7 heteroatoms. The maximum absolute atomic E-state index is 13.2. The fourth-order valence-electron chi connectivity index (χ4n) is 4.63. The molecule has 0 N–H and O–H groups in total. The van der Waals surface area contributed by atoms with Crippen molar-refractivity contribution in [2.45, 2.75) is 37.1 Å². The number of hydrogen-bond donors (Lipinski definition) is 0. The maximum atomic E-state index is 13.2. The van der Waals surface area contributed by atoms with Gasteiger partial charge in [0.15, 0.2) is 0 Å². The topological polar surface area (TPSA) is 60.9 Å². The zero-order valence-electron chi connectivity index (χ0n) is 18.1. The van der Waals surface area contributed by atoms with Crippen molar-refractivity contribution in [1.82, 2.24) is 14.1 Å². The molecule has 166 valence electrons. The van der Waals surface area contributed by atoms with Crippen LogP contribution in [0.2, 0.25) is 0 Å². The smallest absolute Gasteiger partial charge is 0.243 e. The molecule has 0 spiro atoms. The van der Waals surface area contributed by atoms with Crippen LogP contribution < -0.4 is 0 Å². The molecule has 0 saturated carbocycles. The largest absolute Gasteiger partial charge is 0.341 e. The van der Waals surface area contributed by atoms with Crippen molar-refractivity contribution < 1.29 is 13.2 Å². The fraction of sp³-hybridized carbons (Fsp3) is 0.458. The van der Waals surface area contributed by atoms with Crippen molar-refractivity contribution >= 4 is 15.9 Å². The Hall–Kier alpha value is -2.22. The van der Waals surface area contributed by atoms with Gasteiger partial charge in [-0.3, -0.25) is 9.69 Å². The lowest BCUT2D eigenvalue weighted by molar-refractivity contribution is -0.132. The van der Waals surface area contributed by atoms with E-state index in [1.165, 1.54) is 5.56 Å². The second kappa shape index (κ2) is 9.51. The zero-order valence-corrected chi connectivity index (χ0v) is 18.9. The third-order valence-corrected chi connectivity index (χ3v) is 8.47. The Morgan fingerprint density at radius 3 is 2.29 bits per heavy atom. The van der Waals surface area contributed by atoms with E-state index in [0.717, 1.165) is 31.5 Å². The van der Waals surface area contributed by atoms with Gasteiger partial charge in [-0.1, -0.05) is 55.5 Å². The molecule has 1 amide bonds. The molecule has 2 fully saturated rings. The first-order valence-electron chi connectivity index (χ1n) is 11.2. The monoisotopic (exact) mass is 441 g/mol. The molecule has 2 heterocycles. The minimum Gasteiger partial charge on any atom is -0.341 e. The van der Waals surface area contributed by atoms with Crippen molar-refractivity contribution in [3.63, 3.8) is 0 Å². The van der Waals surface area contributed by atoms with Crippen LogP contribution in [0.25, 0.3) is 0 Å². The Kier molecular flexibility index (Phi) is 6.74. The molecule has 2 aliphatic rings. The molecular formula is C24H31N3O3S. The summed E-state index contributed by atoms with van der Waals surface area (Å²) in [7, 11) is -3.50. The van der Waals surface area contributed by atoms with Crippen LogP contribution in [0.4, 0.5) is 0 Å². The Morgan fingerprint density at radius 2 is 1.58 bits per heavy atom. The molecule has 0 bridgehead atoms. The van der Waals surface area contributed by atoms with Gasteiger partial charge in [0.25, 0.3) is 0 Å². The Labute approximate surface area is 185 Å². The standard InChI is InChI=1S/C24H31N3O3S/c1-2-21-10-6-7-11-23(21)31(29,30)27-18-16-25(17-19-27)22-13-15-26(24(22)28)14-12-20-8-4-3-5-9-20/h3-11,22H,2,12-19H2,1H3. The number of rotatable bonds is 7. The molecule has 1 unspecified atom stereocenters. The highest BCUT2D eigenvalue weighted by Crippen LogP contribution is 2.24. The average molecular weight is 442 g/mol. The van der Waals surface area contributed by atoms with Gasteiger partial charge >= 0.3 is 0 Å². The average Bonchev–Trinajstić information content (AvgIpc) is 3.18. The molecule has 6 nitrogen and oxygen atoms in total. The van der Waals surface area contributed by atoms with Gasteiger partial charge in [-0.2, -0.15) is 4.31 Å². The van der Waals surface area contributed by atoms with Gasteiger partial charge < -0.3 is 4.90 Å². The van der Waals surface area contributed by atoms with Gasteiger partial charge in [-0.25, -0.2) is 8.42 Å². The lowest BCUT2D eigenvalue weighted by Crippen LogP contribution is -2.53. The van der Waals surface area contributed by atoms with Crippen LogP contribution in [0.15, 0.2) is 59.5 Å². The number of hydrogen-bond acceptors (Lipinski definition) is 4. The first-order valence-corrected chi connectivity index (χ1v) is 12.6. The van der Waals surface area contributed by atoms with Gasteiger partial charge in [0.05, 0.1) is 10.9 Å². The number of aryl methyl sites for hydroxylation is 1. The summed E-state index contributed by atoms with van der Waals surface area (Å²) in [5.41, 5.74) is 2.09. The van der Waals surface area contributed by atoms with E-state index in [2.05, 4.69) is 17.0 Å². The zero-order chi connectivity index (χ0) is 21.8. The summed E-state index contributed by atoms with van der Waals surface area (Å²) >= 11 is 0. The van der Waals surface area contributed by atoms with Crippen molar-refractivity contribution in [1.29, 1.82) is 0 Å². The Morgan fingerprint density at radius 1 is 0.903 bits per heavy atom. The lowest BCUT2D eigenvalue weighted by Gasteiger charge is -2.36. The molecule has 2 saturated heterocycles. The van der Waals surface area contributed by atoms with Gasteiger partial charge in [0, 0.05) is 39.3 Å². The van der Waals surface area contributed by atoms with E-state index in [9.17, 15) is 13.2 Å². The molecule has 0 radical (unpaired) electrons. The molecule has 0 aliphatic carbocycles. The molecule has 2 aliphatic heterocycles. The summed E-state index contributed by atoms with van der Waals surface area (Å²) in [5, 5.41) is 0. The van der Waals surface area contributed by atoms with Crippen LogP contribution in [-0.4, -0.2) is 73.7 Å². The third-order valence-electron chi connectivity index (χ3n) is 6.47. The number of nitrogens with zero attached hydrogens (tertiary/aromatic N) is 3. The normalized spacial score (nSPS) is 21.0. The van der Waals surface area contributed by atoms with Crippen LogP contribution in [0.5, 0.6) is 0 Å². The number of carbonyl (C=O) groups is 1. The van der Waals surface area contributed by atoms with E-state index < -0.39 is 10.0 Å². The summed E-state index contributed by atoms with van der Waals surface area (Å²) < 4.78 is 27.9. The molecule has 2 aromatic rings. The SMILES string of the molecule is CCc1ccccc1S(=O)(=O)N1CCN(C2CCN(CCc3ccccc3)C2=O)CC1. The lowest BCUT2D eigenvalue weighted by atomic mass is 10.1. The van der Waals surface area contributed by atoms with E-state index >= 15 is 0 Å². The van der Waals surface area contributed by atoms with Crippen molar-refractivity contribution in [3.05, 3.63) is 65.7 Å². The predicted molar refractivity (Wildman–Crippen MR) is 121 cm³/mol. The number of carbonyl (C=O) groups excluding carboxylic acids is 1. The van der Waals surface area contributed by atoms with Crippen molar-refractivity contribution in [2.75, 3.05) is 39.3 Å². The molecular weight excluding hydrogens is 410 g/mol. The molecule has 2 aromatic carbocycles. The summed E-state index contributed by atoms with van der Waals surface area (Å²) in [6, 6.07) is 17.4. The fourth-order valence-corrected chi connectivity index (χ4v) is 6.35. The van der Waals surface area contributed by atoms with Gasteiger partial charge in [-0.05, 0) is 36.5 Å². The highest BCUT2D eigenvalue weighted by atomic mass is 32.2. The summed E-state index contributed by atoms with van der Waals surface area (Å²) in [6.45, 7) is 5.52. The predicted octanol–water partition coefficient (Wildman–Crippen LogP) is 2.40. The first-order chi connectivity index (χ1) is 15.0. The Bertz CT molecular complexity index is 1000. The van der Waals surface area contributed by atoms with Gasteiger partial charge in [0.1, 0.15) is 0 Å². The first kappa shape index (κ1) is 22.0. The molecule has 1 atom stereocenters. The van der Waals surface area contributed by atoms with E-state index in [1.807, 2.05) is 42.2 Å². The number of sulfonamides is 1. The van der Waals surface area contributed by atoms with Crippen LogP contribution >= 0.6 is 0 Å². The van der Waals surface area contributed by atoms with Crippen molar-refractivity contribution in [3.8, 4) is 0 Å². The second-order valence-electron chi connectivity index (χ2n) is 8.27. The van der Waals surface area contributed by atoms with E-state index in [0.29, 0.717) is 37.5 Å². The number of amides is 1. The third kappa shape index (κ3) is 4.68. The van der Waals surface area contributed by atoms with Crippen LogP contribution in [-0.2, 0) is 27.7 Å². The van der Waals surface area contributed by atoms with Crippen LogP contribution in [0.3, 0.4) is 0 Å². The minimum absolute atomic E-state index is 0.122. The van der Waals surface area contributed by atoms with Gasteiger partial charge in [-0.15, -0.1) is 0 Å². The number of benzene rings is 2. The molecule has 0 aromatic heterocycles. The number of likely N-dealkylation sites (tertiary alicyclic amines) is 1. The quantitative estimate of drug-likeness (QED) is 0.662. The van der Waals surface area contributed by atoms with E-state index in [1.54, 1.807) is 16.4 Å². The van der Waals surface area contributed by atoms with Crippen LogP contribution in [0.1, 0.15) is 24.5 Å². The molecule has 4 rings (SSSR count). The maximum Gasteiger partial charge on any atom is 0.243 e. The summed E-state index contributed by atoms with van der Waals surface area (Å²) in [5.74, 6) is 0.184. The number of piperazine rings is 1. The van der Waals surface area contributed by atoms with E-state index in [-0.39, 0.29) is 11.9 Å². The molecule has 31 heavy (non-hydrogen) atoms. The Balaban J connectivity index is 1.34. The second-order valence-corrected chi connectivity index (χ2v) is 10.2. The van der Waals surface area contributed by atoms with Crippen LogP contribution in [0, 0.1) is 0 Å². The highest BCUT2D eigenvalue weighted by molar-refractivity contribution is 7.89. The van der Waals surface area contributed by atoms with Crippen molar-refractivity contribution in [2.24, 2.45) is 0 Å². The highest BCUT2D eigenvalue weighted by Gasteiger charge is 2.38. The van der Waals surface area contributed by atoms with E-state index in [4.69, 9.17) is 0 Å². The van der Waals surface area contributed by atoms with Gasteiger partial charge in [0.2, 0.25) is 15.9 Å². The summed E-state index contributed by atoms with van der Waals surface area (Å²) in [6.07, 6.45) is 2.37. The minimum atomic E-state index is -3.50. The summed E-state index contributed by atoms with van der Waals surface area (Å²) in [4.78, 5) is 17.5.